The molecule has 27 heavy (non-hydrogen) atoms. The van der Waals surface area contributed by atoms with E-state index in [1.807, 2.05) is 6.07 Å². The SMILES string of the molecule is COc1ccc(C(=O)/C=C/c2cccc(OC(=O)N3CCOCC3)c2)cc1. The van der Waals surface area contributed by atoms with E-state index in [9.17, 15) is 9.59 Å². The Balaban J connectivity index is 1.63. The molecule has 140 valence electrons. The van der Waals surface area contributed by atoms with Gasteiger partial charge in [0.1, 0.15) is 11.5 Å². The third-order valence-corrected chi connectivity index (χ3v) is 4.13. The van der Waals surface area contributed by atoms with E-state index in [0.717, 1.165) is 5.56 Å². The Kier molecular flexibility index (Phi) is 6.22. The molecule has 0 saturated carbocycles. The van der Waals surface area contributed by atoms with Gasteiger partial charge in [0, 0.05) is 18.7 Å². The van der Waals surface area contributed by atoms with E-state index in [-0.39, 0.29) is 5.78 Å². The monoisotopic (exact) mass is 367 g/mol. The highest BCUT2D eigenvalue weighted by molar-refractivity contribution is 6.06. The molecule has 1 heterocycles. The van der Waals surface area contributed by atoms with Gasteiger partial charge in [0.15, 0.2) is 5.78 Å². The number of carbonyl (C=O) groups is 2. The van der Waals surface area contributed by atoms with Crippen molar-refractivity contribution in [1.82, 2.24) is 4.90 Å². The third kappa shape index (κ3) is 5.18. The average molecular weight is 367 g/mol. The normalized spacial score (nSPS) is 14.2. The maximum absolute atomic E-state index is 12.3. The van der Waals surface area contributed by atoms with Gasteiger partial charge in [-0.3, -0.25) is 4.79 Å². The van der Waals surface area contributed by atoms with Gasteiger partial charge in [-0.2, -0.15) is 0 Å². The summed E-state index contributed by atoms with van der Waals surface area (Å²) in [5.74, 6) is 1.02. The first-order chi connectivity index (χ1) is 13.2. The van der Waals surface area contributed by atoms with Gasteiger partial charge in [-0.15, -0.1) is 0 Å². The van der Waals surface area contributed by atoms with Gasteiger partial charge in [0.2, 0.25) is 0 Å². The quantitative estimate of drug-likeness (QED) is 0.598. The topological polar surface area (TPSA) is 65.1 Å². The van der Waals surface area contributed by atoms with Crippen molar-refractivity contribution in [2.45, 2.75) is 0 Å². The van der Waals surface area contributed by atoms with Crippen molar-refractivity contribution < 1.29 is 23.8 Å². The molecule has 1 fully saturated rings. The number of ether oxygens (including phenoxy) is 3. The first kappa shape index (κ1) is 18.7. The summed E-state index contributed by atoms with van der Waals surface area (Å²) in [6.07, 6.45) is 2.79. The molecule has 6 heteroatoms. The first-order valence-electron chi connectivity index (χ1n) is 8.67. The van der Waals surface area contributed by atoms with Crippen LogP contribution in [0.15, 0.2) is 54.6 Å². The van der Waals surface area contributed by atoms with Crippen molar-refractivity contribution in [1.29, 1.82) is 0 Å². The molecule has 6 nitrogen and oxygen atoms in total. The van der Waals surface area contributed by atoms with Crippen molar-refractivity contribution in [3.63, 3.8) is 0 Å². The van der Waals surface area contributed by atoms with Crippen LogP contribution in [0.1, 0.15) is 15.9 Å². The van der Waals surface area contributed by atoms with Crippen LogP contribution in [0.4, 0.5) is 4.79 Å². The lowest BCUT2D eigenvalue weighted by atomic mass is 10.1. The standard InChI is InChI=1S/C21H21NO5/c1-25-18-8-6-17(7-9-18)20(23)10-5-16-3-2-4-19(15-16)27-21(24)22-11-13-26-14-12-22/h2-10,15H,11-14H2,1H3/b10-5+. The number of hydrogen-bond donors (Lipinski definition) is 0. The Bertz CT molecular complexity index is 823. The molecule has 0 aliphatic carbocycles. The van der Waals surface area contributed by atoms with Crippen molar-refractivity contribution in [2.75, 3.05) is 33.4 Å². The maximum atomic E-state index is 12.3. The molecule has 1 aliphatic rings. The van der Waals surface area contributed by atoms with Crippen molar-refractivity contribution in [2.24, 2.45) is 0 Å². The highest BCUT2D eigenvalue weighted by atomic mass is 16.6. The fourth-order valence-corrected chi connectivity index (χ4v) is 2.62. The summed E-state index contributed by atoms with van der Waals surface area (Å²) in [5.41, 5.74) is 1.34. The van der Waals surface area contributed by atoms with E-state index in [1.54, 1.807) is 60.6 Å². The van der Waals surface area contributed by atoms with Crippen molar-refractivity contribution >= 4 is 18.0 Å². The predicted octanol–water partition coefficient (Wildman–Crippen LogP) is 3.42. The van der Waals surface area contributed by atoms with Crippen LogP contribution >= 0.6 is 0 Å². The van der Waals surface area contributed by atoms with E-state index >= 15 is 0 Å². The van der Waals surface area contributed by atoms with Crippen LogP contribution in [0.2, 0.25) is 0 Å². The molecule has 3 rings (SSSR count). The summed E-state index contributed by atoms with van der Waals surface area (Å²) in [6, 6.07) is 14.0. The Morgan fingerprint density at radius 2 is 1.78 bits per heavy atom. The van der Waals surface area contributed by atoms with Crippen LogP contribution in [0.5, 0.6) is 11.5 Å². The second-order valence-corrected chi connectivity index (χ2v) is 5.97. The molecule has 0 radical (unpaired) electrons. The number of carbonyl (C=O) groups excluding carboxylic acids is 2. The number of morpholine rings is 1. The van der Waals surface area contributed by atoms with Crippen LogP contribution in [-0.4, -0.2) is 50.2 Å². The molecular weight excluding hydrogens is 346 g/mol. The second-order valence-electron chi connectivity index (χ2n) is 5.97. The number of ketones is 1. The van der Waals surface area contributed by atoms with E-state index in [0.29, 0.717) is 43.4 Å². The van der Waals surface area contributed by atoms with Crippen LogP contribution in [0, 0.1) is 0 Å². The minimum absolute atomic E-state index is 0.117. The molecular formula is C21H21NO5. The van der Waals surface area contributed by atoms with E-state index in [1.165, 1.54) is 6.08 Å². The molecule has 2 aromatic rings. The number of rotatable bonds is 5. The number of amides is 1. The molecule has 1 amide bonds. The van der Waals surface area contributed by atoms with Gasteiger partial charge in [0.25, 0.3) is 0 Å². The molecule has 1 aliphatic heterocycles. The minimum atomic E-state index is -0.395. The lowest BCUT2D eigenvalue weighted by Crippen LogP contribution is -2.42. The molecule has 0 unspecified atom stereocenters. The zero-order valence-electron chi connectivity index (χ0n) is 15.1. The fourth-order valence-electron chi connectivity index (χ4n) is 2.62. The number of nitrogens with zero attached hydrogens (tertiary/aromatic N) is 1. The number of benzene rings is 2. The van der Waals surface area contributed by atoms with Crippen LogP contribution in [0.25, 0.3) is 6.08 Å². The largest absolute Gasteiger partial charge is 0.497 e. The molecule has 0 aromatic heterocycles. The lowest BCUT2D eigenvalue weighted by molar-refractivity contribution is 0.0416. The molecule has 0 bridgehead atoms. The molecule has 0 N–H and O–H groups in total. The smallest absolute Gasteiger partial charge is 0.415 e. The van der Waals surface area contributed by atoms with Crippen LogP contribution in [-0.2, 0) is 4.74 Å². The molecule has 0 atom stereocenters. The zero-order valence-corrected chi connectivity index (χ0v) is 15.1. The predicted molar refractivity (Wildman–Crippen MR) is 101 cm³/mol. The van der Waals surface area contributed by atoms with E-state index in [4.69, 9.17) is 14.2 Å². The van der Waals surface area contributed by atoms with Gasteiger partial charge in [-0.25, -0.2) is 4.79 Å². The van der Waals surface area contributed by atoms with Crippen molar-refractivity contribution in [3.8, 4) is 11.5 Å². The van der Waals surface area contributed by atoms with Gasteiger partial charge in [0.05, 0.1) is 20.3 Å². The summed E-state index contributed by atoms with van der Waals surface area (Å²) >= 11 is 0. The first-order valence-corrected chi connectivity index (χ1v) is 8.67. The van der Waals surface area contributed by atoms with Gasteiger partial charge < -0.3 is 19.1 Å². The minimum Gasteiger partial charge on any atom is -0.497 e. The summed E-state index contributed by atoms with van der Waals surface area (Å²) in [6.45, 7) is 2.08. The Hall–Kier alpha value is -3.12. The van der Waals surface area contributed by atoms with Crippen molar-refractivity contribution in [3.05, 3.63) is 65.7 Å². The summed E-state index contributed by atoms with van der Waals surface area (Å²) in [7, 11) is 1.58. The number of allylic oxidation sites excluding steroid dienone is 1. The molecule has 0 spiro atoms. The van der Waals surface area contributed by atoms with Crippen LogP contribution < -0.4 is 9.47 Å². The van der Waals surface area contributed by atoms with Gasteiger partial charge in [-0.1, -0.05) is 18.2 Å². The highest BCUT2D eigenvalue weighted by Gasteiger charge is 2.18. The van der Waals surface area contributed by atoms with E-state index < -0.39 is 6.09 Å². The molecule has 1 saturated heterocycles. The highest BCUT2D eigenvalue weighted by Crippen LogP contribution is 2.17. The summed E-state index contributed by atoms with van der Waals surface area (Å²) in [5, 5.41) is 0. The number of methoxy groups -OCH3 is 1. The Labute approximate surface area is 158 Å². The summed E-state index contributed by atoms with van der Waals surface area (Å²) in [4.78, 5) is 26.0. The molecule has 2 aromatic carbocycles. The second kappa shape index (κ2) is 9.00. The van der Waals surface area contributed by atoms with Crippen LogP contribution in [0.3, 0.4) is 0 Å². The maximum Gasteiger partial charge on any atom is 0.415 e. The fraction of sp³-hybridized carbons (Fsp3) is 0.238. The Morgan fingerprint density at radius 1 is 1.04 bits per heavy atom. The number of hydrogen-bond acceptors (Lipinski definition) is 5. The van der Waals surface area contributed by atoms with Gasteiger partial charge in [-0.05, 0) is 48.0 Å². The third-order valence-electron chi connectivity index (χ3n) is 4.13. The lowest BCUT2D eigenvalue weighted by Gasteiger charge is -2.25. The average Bonchev–Trinajstić information content (AvgIpc) is 2.73. The summed E-state index contributed by atoms with van der Waals surface area (Å²) < 4.78 is 15.7. The van der Waals surface area contributed by atoms with E-state index in [2.05, 4.69) is 0 Å². The zero-order chi connectivity index (χ0) is 19.1. The Morgan fingerprint density at radius 3 is 2.48 bits per heavy atom. The van der Waals surface area contributed by atoms with Gasteiger partial charge >= 0.3 is 6.09 Å².